The van der Waals surface area contributed by atoms with Crippen molar-refractivity contribution in [1.29, 1.82) is 0 Å². The molecule has 1 unspecified atom stereocenters. The maximum Gasteiger partial charge on any atom is 0.191 e. The zero-order chi connectivity index (χ0) is 19.7. The molecule has 2 rings (SSSR count). The summed E-state index contributed by atoms with van der Waals surface area (Å²) in [6.45, 7) is 2.69. The molecule has 160 valence electrons. The maximum atomic E-state index is 9.36. The van der Waals surface area contributed by atoms with E-state index in [0.717, 1.165) is 18.6 Å². The molecule has 1 aliphatic heterocycles. The largest absolute Gasteiger partial charge is 0.496 e. The lowest BCUT2D eigenvalue weighted by atomic mass is 9.84. The zero-order valence-electron chi connectivity index (χ0n) is 17.0. The average molecular weight is 509 g/mol. The van der Waals surface area contributed by atoms with Crippen molar-refractivity contribution in [3.63, 3.8) is 0 Å². The lowest BCUT2D eigenvalue weighted by molar-refractivity contribution is 0.127. The molecule has 0 amide bonds. The third-order valence-corrected chi connectivity index (χ3v) is 4.93. The Hall–Kier alpha value is -1.46. The van der Waals surface area contributed by atoms with Crippen molar-refractivity contribution in [2.24, 2.45) is 10.4 Å². The Balaban J connectivity index is 0.00000392. The first kappa shape index (κ1) is 24.6. The minimum Gasteiger partial charge on any atom is -0.496 e. The molecule has 0 spiro atoms. The number of aliphatic imine (C=N–C) groups is 1. The van der Waals surface area contributed by atoms with Crippen LogP contribution in [0.1, 0.15) is 18.4 Å². The van der Waals surface area contributed by atoms with Gasteiger partial charge in [-0.1, -0.05) is 0 Å². The fraction of sp³-hybridized carbons (Fsp3) is 0.632. The van der Waals surface area contributed by atoms with Crippen LogP contribution in [0, 0.1) is 5.41 Å². The first-order chi connectivity index (χ1) is 13.1. The molecule has 3 N–H and O–H groups in total. The van der Waals surface area contributed by atoms with Crippen molar-refractivity contribution in [1.82, 2.24) is 10.6 Å². The van der Waals surface area contributed by atoms with Gasteiger partial charge in [0, 0.05) is 44.4 Å². The highest BCUT2D eigenvalue weighted by Crippen LogP contribution is 2.34. The number of aliphatic hydroxyl groups excluding tert-OH is 1. The van der Waals surface area contributed by atoms with E-state index in [2.05, 4.69) is 15.6 Å². The van der Waals surface area contributed by atoms with E-state index in [1.165, 1.54) is 0 Å². The van der Waals surface area contributed by atoms with Crippen LogP contribution in [-0.2, 0) is 11.3 Å². The SMILES string of the molecule is CN=C(NCc1c(OC)cc(OC)cc1OC)NCC1(CCO)CCOC1.I. The summed E-state index contributed by atoms with van der Waals surface area (Å²) >= 11 is 0. The van der Waals surface area contributed by atoms with Crippen LogP contribution in [0.5, 0.6) is 17.2 Å². The molecule has 0 bridgehead atoms. The average Bonchev–Trinajstić information content (AvgIpc) is 3.16. The standard InChI is InChI=1S/C19H31N3O5.HI/c1-20-18(22-12-19(5-7-23)6-8-27-13-19)21-11-15-16(25-3)9-14(24-2)10-17(15)26-4;/h9-10,23H,5-8,11-13H2,1-4H3,(H2,20,21,22);1H. The first-order valence-corrected chi connectivity index (χ1v) is 9.03. The number of benzene rings is 1. The van der Waals surface area contributed by atoms with Crippen LogP contribution in [-0.4, -0.2) is 65.8 Å². The quantitative estimate of drug-likeness (QED) is 0.266. The molecule has 0 radical (unpaired) electrons. The number of nitrogens with zero attached hydrogens (tertiary/aromatic N) is 1. The Morgan fingerprint density at radius 2 is 1.86 bits per heavy atom. The van der Waals surface area contributed by atoms with Crippen LogP contribution >= 0.6 is 24.0 Å². The molecule has 1 heterocycles. The van der Waals surface area contributed by atoms with E-state index in [1.807, 2.05) is 12.1 Å². The topological polar surface area (TPSA) is 93.6 Å². The monoisotopic (exact) mass is 509 g/mol. The van der Waals surface area contributed by atoms with Crippen molar-refractivity contribution in [2.75, 3.05) is 54.7 Å². The number of ether oxygens (including phenoxy) is 4. The zero-order valence-corrected chi connectivity index (χ0v) is 19.4. The molecule has 1 atom stereocenters. The summed E-state index contributed by atoms with van der Waals surface area (Å²) in [6, 6.07) is 3.64. The van der Waals surface area contributed by atoms with Crippen molar-refractivity contribution < 1.29 is 24.1 Å². The van der Waals surface area contributed by atoms with Gasteiger partial charge in [0.25, 0.3) is 0 Å². The van der Waals surface area contributed by atoms with Crippen LogP contribution in [0.15, 0.2) is 17.1 Å². The van der Waals surface area contributed by atoms with Gasteiger partial charge in [0.1, 0.15) is 17.2 Å². The van der Waals surface area contributed by atoms with Gasteiger partial charge in [0.2, 0.25) is 0 Å². The lowest BCUT2D eigenvalue weighted by Crippen LogP contribution is -2.44. The second-order valence-corrected chi connectivity index (χ2v) is 6.57. The van der Waals surface area contributed by atoms with Crippen LogP contribution in [0.4, 0.5) is 0 Å². The molecule has 1 aromatic rings. The van der Waals surface area contributed by atoms with Crippen molar-refractivity contribution in [2.45, 2.75) is 19.4 Å². The molecule has 0 saturated carbocycles. The van der Waals surface area contributed by atoms with E-state index in [4.69, 9.17) is 18.9 Å². The summed E-state index contributed by atoms with van der Waals surface area (Å²) in [7, 11) is 6.56. The molecule has 1 aliphatic rings. The molecule has 9 heteroatoms. The lowest BCUT2D eigenvalue weighted by Gasteiger charge is -2.27. The van der Waals surface area contributed by atoms with E-state index < -0.39 is 0 Å². The number of hydrogen-bond donors (Lipinski definition) is 3. The van der Waals surface area contributed by atoms with Crippen molar-refractivity contribution in [3.05, 3.63) is 17.7 Å². The summed E-state index contributed by atoms with van der Waals surface area (Å²) in [5, 5.41) is 16.0. The summed E-state index contributed by atoms with van der Waals surface area (Å²) in [6.07, 6.45) is 1.63. The Bertz CT molecular complexity index is 611. The number of methoxy groups -OCH3 is 3. The van der Waals surface area contributed by atoms with E-state index in [0.29, 0.717) is 49.3 Å². The van der Waals surface area contributed by atoms with E-state index in [1.54, 1.807) is 28.4 Å². The molecule has 28 heavy (non-hydrogen) atoms. The van der Waals surface area contributed by atoms with Crippen molar-refractivity contribution in [3.8, 4) is 17.2 Å². The Morgan fingerprint density at radius 3 is 2.32 bits per heavy atom. The van der Waals surface area contributed by atoms with Gasteiger partial charge in [0.15, 0.2) is 5.96 Å². The van der Waals surface area contributed by atoms with Crippen molar-refractivity contribution >= 4 is 29.9 Å². The van der Waals surface area contributed by atoms with Gasteiger partial charge in [-0.3, -0.25) is 4.99 Å². The second kappa shape index (κ2) is 12.2. The fourth-order valence-electron chi connectivity index (χ4n) is 3.23. The van der Waals surface area contributed by atoms with Gasteiger partial charge < -0.3 is 34.7 Å². The van der Waals surface area contributed by atoms with Gasteiger partial charge in [-0.2, -0.15) is 0 Å². The Kier molecular flexibility index (Phi) is 10.7. The predicted molar refractivity (Wildman–Crippen MR) is 119 cm³/mol. The summed E-state index contributed by atoms with van der Waals surface area (Å²) in [4.78, 5) is 4.28. The van der Waals surface area contributed by atoms with Gasteiger partial charge in [-0.15, -0.1) is 24.0 Å². The predicted octanol–water partition coefficient (Wildman–Crippen LogP) is 1.78. The van der Waals surface area contributed by atoms with E-state index >= 15 is 0 Å². The number of guanidine groups is 1. The molecule has 0 aliphatic carbocycles. The molecule has 1 fully saturated rings. The smallest absolute Gasteiger partial charge is 0.191 e. The van der Waals surface area contributed by atoms with Crippen LogP contribution < -0.4 is 24.8 Å². The van der Waals surface area contributed by atoms with Gasteiger partial charge in [-0.05, 0) is 12.8 Å². The van der Waals surface area contributed by atoms with E-state index in [-0.39, 0.29) is 36.0 Å². The maximum absolute atomic E-state index is 9.36. The van der Waals surface area contributed by atoms with Gasteiger partial charge in [0.05, 0.1) is 40.0 Å². The highest BCUT2D eigenvalue weighted by Gasteiger charge is 2.34. The molecule has 0 aromatic heterocycles. The third kappa shape index (κ3) is 6.28. The first-order valence-electron chi connectivity index (χ1n) is 9.03. The highest BCUT2D eigenvalue weighted by molar-refractivity contribution is 14.0. The molecule has 1 aromatic carbocycles. The minimum atomic E-state index is -0.0537. The molecular formula is C19H32IN3O5. The molecular weight excluding hydrogens is 477 g/mol. The second-order valence-electron chi connectivity index (χ2n) is 6.57. The summed E-state index contributed by atoms with van der Waals surface area (Å²) < 4.78 is 21.8. The summed E-state index contributed by atoms with van der Waals surface area (Å²) in [5.74, 6) is 2.69. The highest BCUT2D eigenvalue weighted by atomic mass is 127. The number of hydrogen-bond acceptors (Lipinski definition) is 6. The van der Waals surface area contributed by atoms with Gasteiger partial charge in [-0.25, -0.2) is 0 Å². The number of rotatable bonds is 9. The van der Waals surface area contributed by atoms with Gasteiger partial charge >= 0.3 is 0 Å². The van der Waals surface area contributed by atoms with E-state index in [9.17, 15) is 5.11 Å². The van der Waals surface area contributed by atoms with Crippen LogP contribution in [0.3, 0.4) is 0 Å². The number of halogens is 1. The third-order valence-electron chi connectivity index (χ3n) is 4.93. The molecule has 1 saturated heterocycles. The molecule has 8 nitrogen and oxygen atoms in total. The number of aliphatic hydroxyl groups is 1. The van der Waals surface area contributed by atoms with Crippen LogP contribution in [0.25, 0.3) is 0 Å². The normalized spacial score (nSPS) is 19.0. The summed E-state index contributed by atoms with van der Waals surface area (Å²) in [5.41, 5.74) is 0.819. The Labute approximate surface area is 184 Å². The Morgan fingerprint density at radius 1 is 1.18 bits per heavy atom. The fourth-order valence-corrected chi connectivity index (χ4v) is 3.23. The minimum absolute atomic E-state index is 0. The number of nitrogens with one attached hydrogen (secondary N) is 2. The van der Waals surface area contributed by atoms with Crippen LogP contribution in [0.2, 0.25) is 0 Å².